The topological polar surface area (TPSA) is 131 Å². The van der Waals surface area contributed by atoms with Crippen LogP contribution in [0.4, 0.5) is 0 Å². The monoisotopic (exact) mass is 247 g/mol. The van der Waals surface area contributed by atoms with Gasteiger partial charge in [-0.25, -0.2) is 10.3 Å². The zero-order valence-corrected chi connectivity index (χ0v) is 9.89. The Morgan fingerprint density at radius 3 is 2.12 bits per heavy atom. The third-order valence-electron chi connectivity index (χ3n) is 1.85. The first-order valence-electron chi connectivity index (χ1n) is 5.00. The summed E-state index contributed by atoms with van der Waals surface area (Å²) in [4.78, 5) is 37.4. The largest absolute Gasteiger partial charge is 0.479 e. The molecule has 0 saturated carbocycles. The number of hydrogen-bond acceptors (Lipinski definition) is 5. The van der Waals surface area contributed by atoms with E-state index in [2.05, 4.69) is 10.2 Å². The van der Waals surface area contributed by atoms with Crippen molar-refractivity contribution < 1.29 is 24.3 Å². The Morgan fingerprint density at radius 1 is 1.18 bits per heavy atom. The molecule has 0 bridgehead atoms. The van der Waals surface area contributed by atoms with Crippen LogP contribution < -0.4 is 16.5 Å². The number of carbonyl (C=O) groups is 3. The zero-order valence-electron chi connectivity index (χ0n) is 9.89. The lowest BCUT2D eigenvalue weighted by Gasteiger charge is -2.16. The molecule has 0 aliphatic carbocycles. The average Bonchev–Trinajstić information content (AvgIpc) is 2.24. The van der Waals surface area contributed by atoms with E-state index in [0.29, 0.717) is 0 Å². The number of hydrogen-bond donors (Lipinski definition) is 4. The van der Waals surface area contributed by atoms with Crippen LogP contribution in [0.1, 0.15) is 20.8 Å². The van der Waals surface area contributed by atoms with E-state index in [0.717, 1.165) is 0 Å². The molecule has 2 amide bonds. The molecule has 0 rings (SSSR count). The van der Waals surface area contributed by atoms with Gasteiger partial charge < -0.3 is 16.2 Å². The fourth-order valence-electron chi connectivity index (χ4n) is 0.696. The molecule has 0 aliphatic rings. The summed E-state index contributed by atoms with van der Waals surface area (Å²) in [5, 5.41) is 10.8. The number of nitrogens with two attached hydrogens (primary N) is 1. The van der Waals surface area contributed by atoms with Crippen LogP contribution in [0.2, 0.25) is 0 Å². The molecule has 3 unspecified atom stereocenters. The zero-order chi connectivity index (χ0) is 13.6. The summed E-state index contributed by atoms with van der Waals surface area (Å²) in [6, 6.07) is -1.60. The van der Waals surface area contributed by atoms with Gasteiger partial charge >= 0.3 is 5.97 Å². The summed E-state index contributed by atoms with van der Waals surface area (Å²) in [6.07, 6.45) is -1.17. The predicted octanol–water partition coefficient (Wildman–Crippen LogP) is -1.64. The van der Waals surface area contributed by atoms with Crippen molar-refractivity contribution in [1.82, 2.24) is 10.8 Å². The minimum atomic E-state index is -1.21. The van der Waals surface area contributed by atoms with Crippen LogP contribution in [-0.4, -0.2) is 41.1 Å². The molecule has 3 atom stereocenters. The second-order valence-corrected chi connectivity index (χ2v) is 3.58. The smallest absolute Gasteiger partial charge is 0.335 e. The highest BCUT2D eigenvalue weighted by Gasteiger charge is 2.19. The minimum absolute atomic E-state index is 0.487. The number of aliphatic carboxylic acids is 1. The van der Waals surface area contributed by atoms with Gasteiger partial charge in [0.05, 0.1) is 6.04 Å². The standard InChI is InChI=1S/C9H17N3O5/c1-4(10)7(13)11-5(2)8(14)12-17-6(3)9(15)16/h4-6H,10H2,1-3H3,(H,11,13)(H,12,14)(H,15,16). The van der Waals surface area contributed by atoms with Crippen LogP contribution in [-0.2, 0) is 19.2 Å². The van der Waals surface area contributed by atoms with Crippen LogP contribution in [0.25, 0.3) is 0 Å². The molecule has 8 heteroatoms. The fourth-order valence-corrected chi connectivity index (χ4v) is 0.696. The number of hydroxylamine groups is 1. The lowest BCUT2D eigenvalue weighted by atomic mass is 10.2. The van der Waals surface area contributed by atoms with Gasteiger partial charge in [0.1, 0.15) is 6.04 Å². The van der Waals surface area contributed by atoms with Gasteiger partial charge in [-0.05, 0) is 20.8 Å². The van der Waals surface area contributed by atoms with Crippen molar-refractivity contribution in [3.63, 3.8) is 0 Å². The molecular weight excluding hydrogens is 230 g/mol. The molecule has 0 saturated heterocycles. The highest BCUT2D eigenvalue weighted by atomic mass is 16.7. The Kier molecular flexibility index (Phi) is 6.15. The van der Waals surface area contributed by atoms with E-state index in [-0.39, 0.29) is 0 Å². The molecule has 98 valence electrons. The average molecular weight is 247 g/mol. The molecule has 0 aromatic rings. The van der Waals surface area contributed by atoms with E-state index in [1.54, 1.807) is 0 Å². The van der Waals surface area contributed by atoms with Crippen LogP contribution >= 0.6 is 0 Å². The maximum absolute atomic E-state index is 11.3. The summed E-state index contributed by atoms with van der Waals surface area (Å²) in [7, 11) is 0. The van der Waals surface area contributed by atoms with E-state index in [4.69, 9.17) is 10.8 Å². The lowest BCUT2D eigenvalue weighted by Crippen LogP contribution is -2.50. The van der Waals surface area contributed by atoms with Crippen molar-refractivity contribution in [3.8, 4) is 0 Å². The van der Waals surface area contributed by atoms with Gasteiger partial charge in [-0.15, -0.1) is 0 Å². The van der Waals surface area contributed by atoms with Crippen molar-refractivity contribution in [2.24, 2.45) is 5.73 Å². The van der Waals surface area contributed by atoms with Gasteiger partial charge in [-0.2, -0.15) is 0 Å². The van der Waals surface area contributed by atoms with Gasteiger partial charge in [0, 0.05) is 0 Å². The van der Waals surface area contributed by atoms with E-state index in [1.807, 2.05) is 5.48 Å². The van der Waals surface area contributed by atoms with E-state index in [9.17, 15) is 14.4 Å². The minimum Gasteiger partial charge on any atom is -0.479 e. The molecule has 0 fully saturated rings. The SMILES string of the molecule is CC(N)C(=O)NC(C)C(=O)NOC(C)C(=O)O. The lowest BCUT2D eigenvalue weighted by molar-refractivity contribution is -0.159. The van der Waals surface area contributed by atoms with Crippen molar-refractivity contribution in [2.45, 2.75) is 39.0 Å². The van der Waals surface area contributed by atoms with Crippen molar-refractivity contribution in [3.05, 3.63) is 0 Å². The van der Waals surface area contributed by atoms with Crippen molar-refractivity contribution in [1.29, 1.82) is 0 Å². The highest BCUT2D eigenvalue weighted by Crippen LogP contribution is 1.89. The van der Waals surface area contributed by atoms with Crippen LogP contribution in [0.5, 0.6) is 0 Å². The Balaban J connectivity index is 4.06. The first-order chi connectivity index (χ1) is 7.75. The Hall–Kier alpha value is -1.67. The summed E-state index contributed by atoms with van der Waals surface area (Å²) in [5.74, 6) is -2.36. The van der Waals surface area contributed by atoms with Crippen LogP contribution in [0.3, 0.4) is 0 Å². The molecule has 0 aromatic heterocycles. The summed E-state index contributed by atoms with van der Waals surface area (Å²) >= 11 is 0. The van der Waals surface area contributed by atoms with Crippen LogP contribution in [0.15, 0.2) is 0 Å². The molecule has 5 N–H and O–H groups in total. The summed E-state index contributed by atoms with van der Waals surface area (Å²) in [5.41, 5.74) is 7.23. The van der Waals surface area contributed by atoms with Crippen LogP contribution in [0, 0.1) is 0 Å². The Morgan fingerprint density at radius 2 is 1.71 bits per heavy atom. The van der Waals surface area contributed by atoms with E-state index in [1.165, 1.54) is 20.8 Å². The summed E-state index contributed by atoms with van der Waals surface area (Å²) in [6.45, 7) is 4.15. The number of carboxylic acid groups (broad SMARTS) is 1. The highest BCUT2D eigenvalue weighted by molar-refractivity contribution is 5.88. The molecule has 0 heterocycles. The fraction of sp³-hybridized carbons (Fsp3) is 0.667. The molecule has 0 radical (unpaired) electrons. The maximum Gasteiger partial charge on any atom is 0.335 e. The number of carboxylic acids is 1. The third kappa shape index (κ3) is 5.83. The first kappa shape index (κ1) is 15.3. The molecule has 0 spiro atoms. The van der Waals surface area contributed by atoms with Crippen molar-refractivity contribution in [2.75, 3.05) is 0 Å². The molecule has 0 aromatic carbocycles. The van der Waals surface area contributed by atoms with Gasteiger partial charge in [-0.1, -0.05) is 0 Å². The summed E-state index contributed by atoms with van der Waals surface area (Å²) < 4.78 is 0. The quantitative estimate of drug-likeness (QED) is 0.416. The normalized spacial score (nSPS) is 15.5. The second kappa shape index (κ2) is 6.81. The number of nitrogens with one attached hydrogen (secondary N) is 2. The Labute approximate surface area is 98.4 Å². The number of rotatable bonds is 6. The van der Waals surface area contributed by atoms with Gasteiger partial charge in [0.15, 0.2) is 6.10 Å². The van der Waals surface area contributed by atoms with Gasteiger partial charge in [-0.3, -0.25) is 14.4 Å². The van der Waals surface area contributed by atoms with E-state index < -0.39 is 36.0 Å². The van der Waals surface area contributed by atoms with E-state index >= 15 is 0 Å². The van der Waals surface area contributed by atoms with Gasteiger partial charge in [0.2, 0.25) is 5.91 Å². The number of carbonyl (C=O) groups excluding carboxylic acids is 2. The maximum atomic E-state index is 11.3. The second-order valence-electron chi connectivity index (χ2n) is 3.58. The molecule has 17 heavy (non-hydrogen) atoms. The predicted molar refractivity (Wildman–Crippen MR) is 57.6 cm³/mol. The molecule has 0 aliphatic heterocycles. The Bertz CT molecular complexity index is 305. The third-order valence-corrected chi connectivity index (χ3v) is 1.85. The first-order valence-corrected chi connectivity index (χ1v) is 5.00. The number of amides is 2. The van der Waals surface area contributed by atoms with Gasteiger partial charge in [0.25, 0.3) is 5.91 Å². The molecular formula is C9H17N3O5. The molecule has 8 nitrogen and oxygen atoms in total. The van der Waals surface area contributed by atoms with Crippen molar-refractivity contribution >= 4 is 17.8 Å².